The van der Waals surface area contributed by atoms with Crippen LogP contribution in [0.1, 0.15) is 19.4 Å². The van der Waals surface area contributed by atoms with E-state index in [-0.39, 0.29) is 30.5 Å². The number of hydrogen-bond donors (Lipinski definition) is 2. The molecule has 1 aliphatic rings. The highest BCUT2D eigenvalue weighted by molar-refractivity contribution is 5.86. The number of benzene rings is 1. The molecule has 5 heteroatoms. The predicted molar refractivity (Wildman–Crippen MR) is 82.7 cm³/mol. The lowest BCUT2D eigenvalue weighted by molar-refractivity contribution is -0.124. The first-order chi connectivity index (χ1) is 9.97. The van der Waals surface area contributed by atoms with Crippen molar-refractivity contribution >= 4 is 11.6 Å². The highest BCUT2D eigenvalue weighted by Crippen LogP contribution is 2.30. The lowest BCUT2D eigenvalue weighted by Gasteiger charge is -2.37. The van der Waals surface area contributed by atoms with Crippen LogP contribution in [0, 0.1) is 5.92 Å². The minimum atomic E-state index is -0.273. The number of likely N-dealkylation sites (N-methyl/N-ethyl adjacent to an activating group) is 1. The van der Waals surface area contributed by atoms with Crippen LogP contribution in [-0.4, -0.2) is 43.9 Å². The third-order valence-electron chi connectivity index (χ3n) is 4.02. The van der Waals surface area contributed by atoms with Crippen molar-refractivity contribution in [2.45, 2.75) is 32.4 Å². The number of nitrogens with one attached hydrogen (secondary N) is 1. The van der Waals surface area contributed by atoms with Crippen molar-refractivity contribution in [1.29, 1.82) is 0 Å². The molecule has 0 fully saturated rings. The summed E-state index contributed by atoms with van der Waals surface area (Å²) in [5, 5.41) is 12.4. The van der Waals surface area contributed by atoms with Gasteiger partial charge in [0.25, 0.3) is 0 Å². The van der Waals surface area contributed by atoms with Gasteiger partial charge in [0.1, 0.15) is 11.8 Å². The molecule has 21 heavy (non-hydrogen) atoms. The Kier molecular flexibility index (Phi) is 4.73. The van der Waals surface area contributed by atoms with E-state index in [1.165, 1.54) is 0 Å². The van der Waals surface area contributed by atoms with Gasteiger partial charge in [-0.2, -0.15) is 0 Å². The number of amides is 1. The Hall–Kier alpha value is -1.75. The minimum Gasteiger partial charge on any atom is -0.497 e. The molecule has 116 valence electrons. The van der Waals surface area contributed by atoms with E-state index in [0.29, 0.717) is 6.42 Å². The van der Waals surface area contributed by atoms with Gasteiger partial charge in [0, 0.05) is 18.8 Å². The summed E-state index contributed by atoms with van der Waals surface area (Å²) in [6.07, 6.45) is 0.608. The summed E-state index contributed by atoms with van der Waals surface area (Å²) >= 11 is 0. The molecular formula is C16H24N2O3. The Morgan fingerprint density at radius 3 is 2.76 bits per heavy atom. The number of hydrogen-bond acceptors (Lipinski definition) is 4. The van der Waals surface area contributed by atoms with Crippen molar-refractivity contribution in [3.8, 4) is 5.75 Å². The summed E-state index contributed by atoms with van der Waals surface area (Å²) in [6, 6.07) is 5.35. The first-order valence-corrected chi connectivity index (χ1v) is 7.29. The van der Waals surface area contributed by atoms with Crippen molar-refractivity contribution in [2.75, 3.05) is 25.7 Å². The van der Waals surface area contributed by atoms with Gasteiger partial charge in [0.05, 0.1) is 19.8 Å². The Bertz CT molecular complexity index is 516. The molecule has 1 aliphatic heterocycles. The molecule has 0 saturated carbocycles. The van der Waals surface area contributed by atoms with Crippen molar-refractivity contribution in [3.63, 3.8) is 0 Å². The lowest BCUT2D eigenvalue weighted by atomic mass is 9.95. The molecule has 1 aromatic rings. The van der Waals surface area contributed by atoms with Crippen LogP contribution in [0.15, 0.2) is 18.2 Å². The number of anilines is 1. The normalized spacial score (nSPS) is 22.4. The first kappa shape index (κ1) is 15.6. The van der Waals surface area contributed by atoms with E-state index in [2.05, 4.69) is 5.32 Å². The second-order valence-corrected chi connectivity index (χ2v) is 5.89. The number of nitrogens with zero attached hydrogens (tertiary/aromatic N) is 1. The number of carbonyl (C=O) groups is 1. The maximum absolute atomic E-state index is 12.5. The third-order valence-corrected chi connectivity index (χ3v) is 4.02. The standard InChI is InChI=1S/C16H24N2O3/c1-10(2)15-16(20)17-12(9-19)7-11-5-6-13(21-4)8-14(11)18(15)3/h5-6,8,10,12,15,19H,7,9H2,1-4H3,(H,17,20)/t12-,15-/m0/s1. The molecule has 0 radical (unpaired) electrons. The number of rotatable bonds is 3. The fourth-order valence-electron chi connectivity index (χ4n) is 2.96. The smallest absolute Gasteiger partial charge is 0.243 e. The number of carbonyl (C=O) groups excluding carboxylic acids is 1. The zero-order valence-corrected chi connectivity index (χ0v) is 13.1. The van der Waals surface area contributed by atoms with Crippen molar-refractivity contribution in [1.82, 2.24) is 5.32 Å². The molecule has 2 N–H and O–H groups in total. The molecular weight excluding hydrogens is 268 g/mol. The van der Waals surface area contributed by atoms with E-state index < -0.39 is 0 Å². The monoisotopic (exact) mass is 292 g/mol. The fourth-order valence-corrected chi connectivity index (χ4v) is 2.96. The number of fused-ring (bicyclic) bond motifs is 1. The second kappa shape index (κ2) is 6.35. The van der Waals surface area contributed by atoms with Gasteiger partial charge in [-0.3, -0.25) is 4.79 Å². The van der Waals surface area contributed by atoms with Crippen LogP contribution in [0.5, 0.6) is 5.75 Å². The molecule has 2 rings (SSSR count). The van der Waals surface area contributed by atoms with Gasteiger partial charge in [-0.25, -0.2) is 0 Å². The molecule has 1 heterocycles. The molecule has 1 aromatic carbocycles. The quantitative estimate of drug-likeness (QED) is 0.878. The summed E-state index contributed by atoms with van der Waals surface area (Å²) in [6.45, 7) is 3.98. The maximum Gasteiger partial charge on any atom is 0.243 e. The van der Waals surface area contributed by atoms with Crippen molar-refractivity contribution in [3.05, 3.63) is 23.8 Å². The molecule has 0 aliphatic carbocycles. The lowest BCUT2D eigenvalue weighted by Crippen LogP contribution is -2.54. The Labute approximate surface area is 125 Å². The zero-order chi connectivity index (χ0) is 15.6. The van der Waals surface area contributed by atoms with Crippen LogP contribution >= 0.6 is 0 Å². The number of aliphatic hydroxyl groups is 1. The van der Waals surface area contributed by atoms with Crippen molar-refractivity contribution in [2.24, 2.45) is 5.92 Å². The highest BCUT2D eigenvalue weighted by atomic mass is 16.5. The number of ether oxygens (including phenoxy) is 1. The summed E-state index contributed by atoms with van der Waals surface area (Å²) in [4.78, 5) is 14.5. The summed E-state index contributed by atoms with van der Waals surface area (Å²) in [7, 11) is 3.57. The number of aliphatic hydroxyl groups excluding tert-OH is 1. The molecule has 0 saturated heterocycles. The summed E-state index contributed by atoms with van der Waals surface area (Å²) in [5.74, 6) is 0.885. The average molecular weight is 292 g/mol. The Balaban J connectivity index is 2.50. The predicted octanol–water partition coefficient (Wildman–Crippen LogP) is 1.19. The molecule has 0 unspecified atom stereocenters. The zero-order valence-electron chi connectivity index (χ0n) is 13.1. The second-order valence-electron chi connectivity index (χ2n) is 5.89. The van der Waals surface area contributed by atoms with Gasteiger partial charge in [0.15, 0.2) is 0 Å². The molecule has 0 bridgehead atoms. The van der Waals surface area contributed by atoms with Crippen LogP contribution in [0.3, 0.4) is 0 Å². The maximum atomic E-state index is 12.5. The van der Waals surface area contributed by atoms with Gasteiger partial charge in [-0.05, 0) is 24.0 Å². The van der Waals surface area contributed by atoms with Gasteiger partial charge in [-0.15, -0.1) is 0 Å². The van der Waals surface area contributed by atoms with E-state index in [0.717, 1.165) is 17.0 Å². The molecule has 0 aromatic heterocycles. The van der Waals surface area contributed by atoms with Gasteiger partial charge in [-0.1, -0.05) is 19.9 Å². The van der Waals surface area contributed by atoms with Gasteiger partial charge < -0.3 is 20.1 Å². The molecule has 1 amide bonds. The van der Waals surface area contributed by atoms with Crippen LogP contribution in [-0.2, 0) is 11.2 Å². The molecule has 5 nitrogen and oxygen atoms in total. The van der Waals surface area contributed by atoms with E-state index in [1.54, 1.807) is 7.11 Å². The third kappa shape index (κ3) is 3.13. The average Bonchev–Trinajstić information content (AvgIpc) is 2.45. The van der Waals surface area contributed by atoms with E-state index in [1.807, 2.05) is 44.0 Å². The van der Waals surface area contributed by atoms with Gasteiger partial charge in [0.2, 0.25) is 5.91 Å². The fraction of sp³-hybridized carbons (Fsp3) is 0.562. The van der Waals surface area contributed by atoms with Crippen LogP contribution < -0.4 is 15.0 Å². The van der Waals surface area contributed by atoms with Crippen LogP contribution in [0.2, 0.25) is 0 Å². The first-order valence-electron chi connectivity index (χ1n) is 7.29. The largest absolute Gasteiger partial charge is 0.497 e. The SMILES string of the molecule is COc1ccc2c(c1)N(C)[C@@H](C(C)C)C(=O)N[C@H](CO)C2. The molecule has 0 spiro atoms. The summed E-state index contributed by atoms with van der Waals surface area (Å²) < 4.78 is 5.30. The van der Waals surface area contributed by atoms with E-state index in [9.17, 15) is 9.90 Å². The Morgan fingerprint density at radius 1 is 1.48 bits per heavy atom. The number of methoxy groups -OCH3 is 1. The van der Waals surface area contributed by atoms with Crippen molar-refractivity contribution < 1.29 is 14.6 Å². The van der Waals surface area contributed by atoms with Crippen LogP contribution in [0.25, 0.3) is 0 Å². The minimum absolute atomic E-state index is 0.0416. The highest BCUT2D eigenvalue weighted by Gasteiger charge is 2.32. The topological polar surface area (TPSA) is 61.8 Å². The van der Waals surface area contributed by atoms with E-state index in [4.69, 9.17) is 4.74 Å². The summed E-state index contributed by atoms with van der Waals surface area (Å²) in [5.41, 5.74) is 2.09. The molecule has 2 atom stereocenters. The van der Waals surface area contributed by atoms with E-state index >= 15 is 0 Å². The van der Waals surface area contributed by atoms with Gasteiger partial charge >= 0.3 is 0 Å². The Morgan fingerprint density at radius 2 is 2.19 bits per heavy atom. The van der Waals surface area contributed by atoms with Crippen LogP contribution in [0.4, 0.5) is 5.69 Å².